The molecule has 2 fully saturated rings. The van der Waals surface area contributed by atoms with Gasteiger partial charge in [0.05, 0.1) is 37.9 Å². The van der Waals surface area contributed by atoms with E-state index in [1.807, 2.05) is 6.92 Å². The minimum absolute atomic E-state index is 0.0447. The number of amides is 2. The van der Waals surface area contributed by atoms with E-state index >= 15 is 0 Å². The standard InChI is InChI=1S/C21H29FN2O5/c1-2-9-23-20(26)10-17-7-8-18-19(29-17)13-28-12-16(25)11-24(18)21(27)14-3-5-15(22)6-4-14/h3-6,16-19,25H,2,7-13H2,1H3,(H,23,26)/t16-,17-,18-,19+/m0/s1. The normalized spacial score (nSPS) is 27.5. The Balaban J connectivity index is 1.71. The Bertz CT molecular complexity index is 699. The maximum Gasteiger partial charge on any atom is 0.254 e. The molecule has 1 aromatic rings. The van der Waals surface area contributed by atoms with Gasteiger partial charge in [0.1, 0.15) is 11.9 Å². The van der Waals surface area contributed by atoms with Crippen LogP contribution in [-0.4, -0.2) is 72.5 Å². The number of aliphatic hydroxyl groups excluding tert-OH is 1. The molecule has 2 aliphatic rings. The summed E-state index contributed by atoms with van der Waals surface area (Å²) in [6, 6.07) is 5.10. The first-order valence-corrected chi connectivity index (χ1v) is 10.2. The summed E-state index contributed by atoms with van der Waals surface area (Å²) >= 11 is 0. The molecule has 0 unspecified atom stereocenters. The summed E-state index contributed by atoms with van der Waals surface area (Å²) in [4.78, 5) is 26.7. The van der Waals surface area contributed by atoms with Gasteiger partial charge in [-0.2, -0.15) is 0 Å². The number of aliphatic hydroxyl groups is 1. The number of carbonyl (C=O) groups excluding carboxylic acids is 2. The van der Waals surface area contributed by atoms with Gasteiger partial charge < -0.3 is 24.8 Å². The van der Waals surface area contributed by atoms with Crippen LogP contribution in [0.4, 0.5) is 4.39 Å². The third-order valence-corrected chi connectivity index (χ3v) is 5.32. The van der Waals surface area contributed by atoms with Crippen LogP contribution in [0.25, 0.3) is 0 Å². The van der Waals surface area contributed by atoms with Gasteiger partial charge in [-0.25, -0.2) is 4.39 Å². The number of benzene rings is 1. The summed E-state index contributed by atoms with van der Waals surface area (Å²) < 4.78 is 24.9. The summed E-state index contributed by atoms with van der Waals surface area (Å²) in [6.45, 7) is 3.08. The number of rotatable bonds is 5. The molecule has 7 nitrogen and oxygen atoms in total. The summed E-state index contributed by atoms with van der Waals surface area (Å²) in [5.41, 5.74) is 0.361. The third-order valence-electron chi connectivity index (χ3n) is 5.32. The largest absolute Gasteiger partial charge is 0.389 e. The molecule has 4 atom stereocenters. The second kappa shape index (κ2) is 10.1. The van der Waals surface area contributed by atoms with Crippen LogP contribution in [0.15, 0.2) is 24.3 Å². The van der Waals surface area contributed by atoms with Crippen molar-refractivity contribution < 1.29 is 28.6 Å². The van der Waals surface area contributed by atoms with Gasteiger partial charge in [-0.1, -0.05) is 6.92 Å². The molecule has 0 bridgehead atoms. The van der Waals surface area contributed by atoms with Crippen LogP contribution in [0.5, 0.6) is 0 Å². The molecule has 0 aliphatic carbocycles. The average Bonchev–Trinajstić information content (AvgIpc) is 2.70. The fourth-order valence-electron chi connectivity index (χ4n) is 3.88. The summed E-state index contributed by atoms with van der Waals surface area (Å²) in [7, 11) is 0. The highest BCUT2D eigenvalue weighted by Gasteiger charge is 2.40. The zero-order valence-corrected chi connectivity index (χ0v) is 16.7. The number of nitrogens with one attached hydrogen (secondary N) is 1. The molecule has 2 N–H and O–H groups in total. The predicted octanol–water partition coefficient (Wildman–Crippen LogP) is 1.49. The highest BCUT2D eigenvalue weighted by Crippen LogP contribution is 2.28. The molecule has 8 heteroatoms. The number of β-amino-alcohol motifs (C(OH)–C–C–N with tert-alkyl or cyclic N) is 1. The van der Waals surface area contributed by atoms with Crippen molar-refractivity contribution in [3.05, 3.63) is 35.6 Å². The predicted molar refractivity (Wildman–Crippen MR) is 104 cm³/mol. The molecule has 2 aliphatic heterocycles. The lowest BCUT2D eigenvalue weighted by atomic mass is 9.94. The molecular weight excluding hydrogens is 379 g/mol. The molecular formula is C21H29FN2O5. The SMILES string of the molecule is CCCNC(=O)C[C@@H]1CC[C@H]2[C@@H](COC[C@@H](O)CN2C(=O)c2ccc(F)cc2)O1. The van der Waals surface area contributed by atoms with Gasteiger partial charge in [0.2, 0.25) is 5.91 Å². The van der Waals surface area contributed by atoms with Gasteiger partial charge >= 0.3 is 0 Å². The highest BCUT2D eigenvalue weighted by molar-refractivity contribution is 5.94. The van der Waals surface area contributed by atoms with E-state index < -0.39 is 11.9 Å². The number of halogens is 1. The van der Waals surface area contributed by atoms with Crippen LogP contribution in [0, 0.1) is 5.82 Å². The number of carbonyl (C=O) groups is 2. The van der Waals surface area contributed by atoms with Gasteiger partial charge in [-0.15, -0.1) is 0 Å². The van der Waals surface area contributed by atoms with Crippen LogP contribution >= 0.6 is 0 Å². The van der Waals surface area contributed by atoms with E-state index in [1.165, 1.54) is 24.3 Å². The first kappa shape index (κ1) is 21.7. The Morgan fingerprint density at radius 1 is 1.24 bits per heavy atom. The molecule has 3 rings (SSSR count). The first-order valence-electron chi connectivity index (χ1n) is 10.2. The second-order valence-electron chi connectivity index (χ2n) is 7.65. The Labute approximate surface area is 170 Å². The lowest BCUT2D eigenvalue weighted by molar-refractivity contribution is -0.150. The maximum absolute atomic E-state index is 13.2. The number of fused-ring (bicyclic) bond motifs is 1. The van der Waals surface area contributed by atoms with Crippen molar-refractivity contribution in [3.63, 3.8) is 0 Å². The first-order chi connectivity index (χ1) is 14.0. The van der Waals surface area contributed by atoms with E-state index in [9.17, 15) is 19.1 Å². The zero-order chi connectivity index (χ0) is 20.8. The van der Waals surface area contributed by atoms with E-state index in [0.717, 1.165) is 6.42 Å². The van der Waals surface area contributed by atoms with Gasteiger partial charge in [0, 0.05) is 18.7 Å². The van der Waals surface area contributed by atoms with Crippen LogP contribution < -0.4 is 5.32 Å². The summed E-state index contributed by atoms with van der Waals surface area (Å²) in [5.74, 6) is -0.730. The van der Waals surface area contributed by atoms with E-state index in [2.05, 4.69) is 5.32 Å². The van der Waals surface area contributed by atoms with Crippen molar-refractivity contribution in [2.45, 2.75) is 57.0 Å². The van der Waals surface area contributed by atoms with Crippen LogP contribution in [-0.2, 0) is 14.3 Å². The second-order valence-corrected chi connectivity index (χ2v) is 7.65. The number of hydrogen-bond acceptors (Lipinski definition) is 5. The number of ether oxygens (including phenoxy) is 2. The molecule has 2 saturated heterocycles. The molecule has 2 heterocycles. The third kappa shape index (κ3) is 5.74. The fraction of sp³-hybridized carbons (Fsp3) is 0.619. The lowest BCUT2D eigenvalue weighted by Gasteiger charge is -2.44. The van der Waals surface area contributed by atoms with E-state index in [1.54, 1.807) is 4.90 Å². The minimum Gasteiger partial charge on any atom is -0.389 e. The van der Waals surface area contributed by atoms with Crippen LogP contribution in [0.3, 0.4) is 0 Å². The summed E-state index contributed by atoms with van der Waals surface area (Å²) in [6.07, 6.45) is 0.992. The van der Waals surface area contributed by atoms with E-state index in [-0.39, 0.29) is 56.2 Å². The molecule has 0 aromatic heterocycles. The van der Waals surface area contributed by atoms with Crippen molar-refractivity contribution in [2.24, 2.45) is 0 Å². The molecule has 0 saturated carbocycles. The van der Waals surface area contributed by atoms with Gasteiger partial charge in [-0.05, 0) is 43.5 Å². The molecule has 0 spiro atoms. The van der Waals surface area contributed by atoms with Gasteiger partial charge in [0.25, 0.3) is 5.91 Å². The molecule has 160 valence electrons. The van der Waals surface area contributed by atoms with Crippen molar-refractivity contribution in [3.8, 4) is 0 Å². The average molecular weight is 408 g/mol. The lowest BCUT2D eigenvalue weighted by Crippen LogP contribution is -2.57. The Hall–Kier alpha value is -2.03. The molecule has 0 radical (unpaired) electrons. The Kier molecular flexibility index (Phi) is 7.57. The van der Waals surface area contributed by atoms with Crippen LogP contribution in [0.1, 0.15) is 43.0 Å². The smallest absolute Gasteiger partial charge is 0.254 e. The monoisotopic (exact) mass is 408 g/mol. The topological polar surface area (TPSA) is 88.1 Å². The van der Waals surface area contributed by atoms with Crippen molar-refractivity contribution in [1.29, 1.82) is 0 Å². The maximum atomic E-state index is 13.2. The van der Waals surface area contributed by atoms with Crippen molar-refractivity contribution >= 4 is 11.8 Å². The highest BCUT2D eigenvalue weighted by atomic mass is 19.1. The van der Waals surface area contributed by atoms with Gasteiger partial charge in [0.15, 0.2) is 0 Å². The quantitative estimate of drug-likeness (QED) is 0.771. The minimum atomic E-state index is -0.808. The molecule has 1 aromatic carbocycles. The number of nitrogens with zero attached hydrogens (tertiary/aromatic N) is 1. The Morgan fingerprint density at radius 3 is 2.72 bits per heavy atom. The van der Waals surface area contributed by atoms with Crippen molar-refractivity contribution in [2.75, 3.05) is 26.3 Å². The molecule has 29 heavy (non-hydrogen) atoms. The summed E-state index contributed by atoms with van der Waals surface area (Å²) in [5, 5.41) is 13.0. The molecule has 2 amide bonds. The zero-order valence-electron chi connectivity index (χ0n) is 16.7. The van der Waals surface area contributed by atoms with Gasteiger partial charge in [-0.3, -0.25) is 9.59 Å². The van der Waals surface area contributed by atoms with Crippen molar-refractivity contribution in [1.82, 2.24) is 10.2 Å². The number of hydrogen-bond donors (Lipinski definition) is 2. The van der Waals surface area contributed by atoms with E-state index in [0.29, 0.717) is 24.9 Å². The van der Waals surface area contributed by atoms with E-state index in [4.69, 9.17) is 9.47 Å². The fourth-order valence-corrected chi connectivity index (χ4v) is 3.88. The van der Waals surface area contributed by atoms with Crippen LogP contribution in [0.2, 0.25) is 0 Å². The Morgan fingerprint density at radius 2 is 2.00 bits per heavy atom.